The Morgan fingerprint density at radius 3 is 2.33 bits per heavy atom. The van der Waals surface area contributed by atoms with E-state index in [1.165, 1.54) is 10.4 Å². The molecule has 3 rings (SSSR count). The number of carbonyl (C=O) groups is 1. The summed E-state index contributed by atoms with van der Waals surface area (Å²) in [5, 5.41) is 2.95. The predicted molar refractivity (Wildman–Crippen MR) is 115 cm³/mol. The second-order valence-corrected chi connectivity index (χ2v) is 9.34. The van der Waals surface area contributed by atoms with E-state index in [0.29, 0.717) is 35.7 Å². The van der Waals surface area contributed by atoms with Crippen LogP contribution in [0, 0.1) is 6.92 Å². The van der Waals surface area contributed by atoms with Gasteiger partial charge in [0.05, 0.1) is 25.2 Å². The van der Waals surface area contributed by atoms with Crippen molar-refractivity contribution in [3.05, 3.63) is 53.1 Å². The van der Waals surface area contributed by atoms with Crippen LogP contribution < -0.4 is 14.8 Å². The van der Waals surface area contributed by atoms with Gasteiger partial charge < -0.3 is 14.8 Å². The molecule has 2 aromatic carbocycles. The van der Waals surface area contributed by atoms with E-state index in [4.69, 9.17) is 9.47 Å². The van der Waals surface area contributed by atoms with Crippen molar-refractivity contribution in [1.82, 2.24) is 9.62 Å². The molecule has 1 aliphatic rings. The fraction of sp³-hybridized carbons (Fsp3) is 0.409. The minimum Gasteiger partial charge on any atom is -0.493 e. The zero-order chi connectivity index (χ0) is 21.9. The second-order valence-electron chi connectivity index (χ2n) is 7.40. The molecule has 8 heteroatoms. The van der Waals surface area contributed by atoms with Crippen LogP contribution in [0.2, 0.25) is 0 Å². The van der Waals surface area contributed by atoms with E-state index in [1.54, 1.807) is 39.3 Å². The molecule has 0 aliphatic carbocycles. The van der Waals surface area contributed by atoms with Crippen molar-refractivity contribution in [2.24, 2.45) is 0 Å². The fourth-order valence-corrected chi connectivity index (χ4v) is 5.11. The number of aryl methyl sites for hydroxylation is 1. The van der Waals surface area contributed by atoms with Crippen molar-refractivity contribution in [3.63, 3.8) is 0 Å². The first kappa shape index (κ1) is 22.1. The maximum absolute atomic E-state index is 13.0. The molecule has 0 bridgehead atoms. The second kappa shape index (κ2) is 9.06. The highest BCUT2D eigenvalue weighted by molar-refractivity contribution is 7.89. The zero-order valence-electron chi connectivity index (χ0n) is 17.8. The minimum absolute atomic E-state index is 0.152. The number of amides is 1. The summed E-state index contributed by atoms with van der Waals surface area (Å²) in [6.07, 6.45) is 1.72. The monoisotopic (exact) mass is 432 g/mol. The van der Waals surface area contributed by atoms with Gasteiger partial charge in [-0.2, -0.15) is 4.31 Å². The van der Waals surface area contributed by atoms with Crippen molar-refractivity contribution in [1.29, 1.82) is 0 Å². The minimum atomic E-state index is -3.59. The van der Waals surface area contributed by atoms with Crippen molar-refractivity contribution >= 4 is 15.9 Å². The molecule has 2 aromatic rings. The number of sulfonamides is 1. The fourth-order valence-electron chi connectivity index (χ4n) is 3.56. The van der Waals surface area contributed by atoms with Crippen LogP contribution in [0.5, 0.6) is 11.5 Å². The lowest BCUT2D eigenvalue weighted by atomic mass is 10.1. The highest BCUT2D eigenvalue weighted by atomic mass is 32.2. The Bertz CT molecular complexity index is 1030. The Kier molecular flexibility index (Phi) is 6.67. The standard InChI is InChI=1S/C22H28N2O5S/c1-15-7-9-18(30(26,27)24-11-5-6-12-24)14-19(15)22(25)23-16(2)17-8-10-20(28-3)21(13-17)29-4/h7-10,13-14,16H,5-6,11-12H2,1-4H3,(H,23,25)/t16-/m0/s1. The Labute approximate surface area is 178 Å². The summed E-state index contributed by atoms with van der Waals surface area (Å²) >= 11 is 0. The quantitative estimate of drug-likeness (QED) is 0.726. The van der Waals surface area contributed by atoms with Crippen molar-refractivity contribution in [3.8, 4) is 11.5 Å². The van der Waals surface area contributed by atoms with Crippen LogP contribution in [0.25, 0.3) is 0 Å². The molecule has 1 saturated heterocycles. The van der Waals surface area contributed by atoms with E-state index in [1.807, 2.05) is 19.1 Å². The largest absolute Gasteiger partial charge is 0.493 e. The highest BCUT2D eigenvalue weighted by Gasteiger charge is 2.28. The van der Waals surface area contributed by atoms with Gasteiger partial charge in [-0.3, -0.25) is 4.79 Å². The molecule has 0 aromatic heterocycles. The van der Waals surface area contributed by atoms with Gasteiger partial charge in [0.2, 0.25) is 10.0 Å². The van der Waals surface area contributed by atoms with Gasteiger partial charge in [0, 0.05) is 18.7 Å². The molecule has 1 heterocycles. The van der Waals surface area contributed by atoms with Gasteiger partial charge >= 0.3 is 0 Å². The maximum Gasteiger partial charge on any atom is 0.252 e. The third-order valence-corrected chi connectivity index (χ3v) is 7.31. The number of benzene rings is 2. The normalized spacial score (nSPS) is 15.6. The first-order valence-corrected chi connectivity index (χ1v) is 11.4. The van der Waals surface area contributed by atoms with Crippen molar-refractivity contribution < 1.29 is 22.7 Å². The number of ether oxygens (including phenoxy) is 2. The first-order valence-electron chi connectivity index (χ1n) is 9.91. The molecular weight excluding hydrogens is 404 g/mol. The Morgan fingerprint density at radius 1 is 1.03 bits per heavy atom. The van der Waals surface area contributed by atoms with Crippen molar-refractivity contribution in [2.45, 2.75) is 37.6 Å². The van der Waals surface area contributed by atoms with E-state index in [9.17, 15) is 13.2 Å². The Hall–Kier alpha value is -2.58. The van der Waals surface area contributed by atoms with Gasteiger partial charge in [0.15, 0.2) is 11.5 Å². The van der Waals surface area contributed by atoms with Gasteiger partial charge in [-0.05, 0) is 62.1 Å². The molecule has 1 aliphatic heterocycles. The number of nitrogens with zero attached hydrogens (tertiary/aromatic N) is 1. The topological polar surface area (TPSA) is 84.9 Å². The van der Waals surface area contributed by atoms with Gasteiger partial charge in [0.25, 0.3) is 5.91 Å². The molecule has 30 heavy (non-hydrogen) atoms. The van der Waals surface area contributed by atoms with Crippen LogP contribution in [0.4, 0.5) is 0 Å². The van der Waals surface area contributed by atoms with E-state index in [0.717, 1.165) is 18.4 Å². The third-order valence-electron chi connectivity index (χ3n) is 5.41. The molecule has 1 fully saturated rings. The number of nitrogens with one attached hydrogen (secondary N) is 1. The van der Waals surface area contributed by atoms with Crippen molar-refractivity contribution in [2.75, 3.05) is 27.3 Å². The molecule has 1 N–H and O–H groups in total. The Morgan fingerprint density at radius 2 is 1.70 bits per heavy atom. The van der Waals surface area contributed by atoms with Gasteiger partial charge in [-0.25, -0.2) is 8.42 Å². The number of rotatable bonds is 7. The summed E-state index contributed by atoms with van der Waals surface area (Å²) in [5.41, 5.74) is 1.91. The molecule has 0 unspecified atom stereocenters. The first-order chi connectivity index (χ1) is 14.3. The van der Waals surface area contributed by atoms with Crippen LogP contribution in [-0.2, 0) is 10.0 Å². The summed E-state index contributed by atoms with van der Waals surface area (Å²) in [7, 11) is -0.466. The van der Waals surface area contributed by atoms with Gasteiger partial charge in [-0.1, -0.05) is 12.1 Å². The molecule has 1 atom stereocenters. The number of carbonyl (C=O) groups excluding carboxylic acids is 1. The van der Waals surface area contributed by atoms with Gasteiger partial charge in [0.1, 0.15) is 0 Å². The van der Waals surface area contributed by atoms with Crippen LogP contribution in [0.3, 0.4) is 0 Å². The van der Waals surface area contributed by atoms with Crippen LogP contribution in [0.15, 0.2) is 41.3 Å². The van der Waals surface area contributed by atoms with E-state index in [-0.39, 0.29) is 16.8 Å². The highest BCUT2D eigenvalue weighted by Crippen LogP contribution is 2.30. The molecule has 0 radical (unpaired) electrons. The van der Waals surface area contributed by atoms with E-state index < -0.39 is 10.0 Å². The summed E-state index contributed by atoms with van der Waals surface area (Å²) in [6, 6.07) is 9.86. The molecule has 1 amide bonds. The predicted octanol–water partition coefficient (Wildman–Crippen LogP) is 3.29. The lowest BCUT2D eigenvalue weighted by Gasteiger charge is -2.19. The summed E-state index contributed by atoms with van der Waals surface area (Å²) in [6.45, 7) is 4.70. The third kappa shape index (κ3) is 4.44. The van der Waals surface area contributed by atoms with E-state index >= 15 is 0 Å². The lowest BCUT2D eigenvalue weighted by Crippen LogP contribution is -2.29. The average molecular weight is 433 g/mol. The average Bonchev–Trinajstić information content (AvgIpc) is 3.29. The summed E-state index contributed by atoms with van der Waals surface area (Å²) < 4.78 is 37.8. The zero-order valence-corrected chi connectivity index (χ0v) is 18.6. The molecule has 0 spiro atoms. The van der Waals surface area contributed by atoms with Crippen LogP contribution in [0.1, 0.15) is 47.3 Å². The molecule has 7 nitrogen and oxygen atoms in total. The number of hydrogen-bond donors (Lipinski definition) is 1. The molecular formula is C22H28N2O5S. The number of hydrogen-bond acceptors (Lipinski definition) is 5. The van der Waals surface area contributed by atoms with E-state index in [2.05, 4.69) is 5.32 Å². The smallest absolute Gasteiger partial charge is 0.252 e. The number of methoxy groups -OCH3 is 2. The van der Waals surface area contributed by atoms with Gasteiger partial charge in [-0.15, -0.1) is 0 Å². The summed E-state index contributed by atoms with van der Waals surface area (Å²) in [4.78, 5) is 13.1. The maximum atomic E-state index is 13.0. The summed E-state index contributed by atoms with van der Waals surface area (Å²) in [5.74, 6) is 0.856. The lowest BCUT2D eigenvalue weighted by molar-refractivity contribution is 0.0939. The van der Waals surface area contributed by atoms with Crippen LogP contribution >= 0.6 is 0 Å². The Balaban J connectivity index is 1.83. The molecule has 162 valence electrons. The SMILES string of the molecule is COc1ccc([C@H](C)NC(=O)c2cc(S(=O)(=O)N3CCCC3)ccc2C)cc1OC. The molecule has 0 saturated carbocycles. The van der Waals surface area contributed by atoms with Crippen LogP contribution in [-0.4, -0.2) is 45.9 Å².